The third kappa shape index (κ3) is 6.78. The highest BCUT2D eigenvalue weighted by Crippen LogP contribution is 2.30. The summed E-state index contributed by atoms with van der Waals surface area (Å²) in [7, 11) is 1.47. The average molecular weight is 452 g/mol. The van der Waals surface area contributed by atoms with Crippen molar-refractivity contribution in [2.45, 2.75) is 33.5 Å². The number of aromatic nitrogens is 3. The molecule has 0 saturated heterocycles. The van der Waals surface area contributed by atoms with Crippen molar-refractivity contribution in [1.29, 1.82) is 5.26 Å². The Balaban J connectivity index is 2.44. The Bertz CT molecular complexity index is 1070. The second kappa shape index (κ2) is 9.78. The number of hydrogen-bond donors (Lipinski definition) is 1. The fourth-order valence-electron chi connectivity index (χ4n) is 2.64. The SMILES string of the molecule is COCCn1cc(C(=O)NN(CC(C)(C)C)c2cc(C(F)(F)F)nc(C#N)n2)ccc1=O. The number of nitrogens with one attached hydrogen (secondary N) is 1. The number of nitriles is 1. The molecular formula is C20H23F3N6O3. The van der Waals surface area contributed by atoms with Crippen molar-refractivity contribution < 1.29 is 22.7 Å². The molecule has 0 saturated carbocycles. The molecule has 0 unspecified atom stereocenters. The van der Waals surface area contributed by atoms with E-state index in [-0.39, 0.29) is 36.6 Å². The summed E-state index contributed by atoms with van der Waals surface area (Å²) in [5.41, 5.74) is 0.506. The van der Waals surface area contributed by atoms with Crippen molar-refractivity contribution in [2.75, 3.05) is 25.3 Å². The zero-order chi connectivity index (χ0) is 24.1. The minimum absolute atomic E-state index is 0.0707. The number of alkyl halides is 3. The van der Waals surface area contributed by atoms with Gasteiger partial charge in [0, 0.05) is 38.5 Å². The lowest BCUT2D eigenvalue weighted by Gasteiger charge is -2.31. The third-order valence-electron chi connectivity index (χ3n) is 4.03. The molecule has 0 atom stereocenters. The molecule has 0 aromatic carbocycles. The predicted octanol–water partition coefficient (Wildman–Crippen LogP) is 2.37. The second-order valence-electron chi connectivity index (χ2n) is 8.07. The van der Waals surface area contributed by atoms with E-state index >= 15 is 0 Å². The minimum atomic E-state index is -4.81. The first-order valence-electron chi connectivity index (χ1n) is 9.48. The van der Waals surface area contributed by atoms with E-state index in [1.54, 1.807) is 0 Å². The van der Waals surface area contributed by atoms with Gasteiger partial charge in [-0.1, -0.05) is 20.8 Å². The molecule has 0 aliphatic rings. The number of amides is 1. The van der Waals surface area contributed by atoms with Crippen LogP contribution in [-0.2, 0) is 17.5 Å². The molecule has 0 aliphatic carbocycles. The summed E-state index contributed by atoms with van der Waals surface area (Å²) in [4.78, 5) is 31.8. The molecule has 2 aromatic rings. The van der Waals surface area contributed by atoms with E-state index in [4.69, 9.17) is 10.00 Å². The Morgan fingerprint density at radius 1 is 1.28 bits per heavy atom. The van der Waals surface area contributed by atoms with Gasteiger partial charge in [-0.05, 0) is 11.5 Å². The largest absolute Gasteiger partial charge is 0.433 e. The van der Waals surface area contributed by atoms with Crippen LogP contribution in [0.5, 0.6) is 0 Å². The molecule has 0 radical (unpaired) electrons. The number of anilines is 1. The maximum atomic E-state index is 13.2. The quantitative estimate of drug-likeness (QED) is 0.642. The van der Waals surface area contributed by atoms with E-state index < -0.39 is 29.0 Å². The van der Waals surface area contributed by atoms with Gasteiger partial charge in [-0.15, -0.1) is 0 Å². The van der Waals surface area contributed by atoms with Gasteiger partial charge in [0.05, 0.1) is 12.2 Å². The first-order chi connectivity index (χ1) is 14.8. The van der Waals surface area contributed by atoms with E-state index in [0.717, 1.165) is 5.01 Å². The van der Waals surface area contributed by atoms with Crippen LogP contribution in [0.3, 0.4) is 0 Å². The van der Waals surface area contributed by atoms with Crippen molar-refractivity contribution in [2.24, 2.45) is 5.41 Å². The number of pyridine rings is 1. The minimum Gasteiger partial charge on any atom is -0.383 e. The first-order valence-corrected chi connectivity index (χ1v) is 9.48. The Morgan fingerprint density at radius 3 is 2.53 bits per heavy atom. The zero-order valence-corrected chi connectivity index (χ0v) is 18.0. The standard InChI is InChI=1S/C20H23F3N6O3/c1-19(2,3)12-29(16-9-14(20(21,22)23)25-15(10-24)26-16)27-18(31)13-5-6-17(30)28(11-13)7-8-32-4/h5-6,9,11H,7-8,12H2,1-4H3,(H,27,31). The van der Waals surface area contributed by atoms with Gasteiger partial charge in [0.2, 0.25) is 5.82 Å². The van der Waals surface area contributed by atoms with Crippen LogP contribution < -0.4 is 16.0 Å². The van der Waals surface area contributed by atoms with E-state index in [2.05, 4.69) is 15.4 Å². The van der Waals surface area contributed by atoms with Crippen molar-refractivity contribution in [3.8, 4) is 6.07 Å². The normalized spacial score (nSPS) is 11.7. The summed E-state index contributed by atoms with van der Waals surface area (Å²) >= 11 is 0. The summed E-state index contributed by atoms with van der Waals surface area (Å²) in [6, 6.07) is 4.67. The van der Waals surface area contributed by atoms with Crippen LogP contribution in [-0.4, -0.2) is 40.7 Å². The highest BCUT2D eigenvalue weighted by Gasteiger charge is 2.35. The van der Waals surface area contributed by atoms with Crippen LogP contribution in [0, 0.1) is 16.7 Å². The highest BCUT2D eigenvalue weighted by atomic mass is 19.4. The summed E-state index contributed by atoms with van der Waals surface area (Å²) in [5, 5.41) is 10.2. The number of carbonyl (C=O) groups excluding carboxylic acids is 1. The number of halogens is 3. The van der Waals surface area contributed by atoms with E-state index in [9.17, 15) is 22.8 Å². The Morgan fingerprint density at radius 2 is 1.97 bits per heavy atom. The number of hydrazine groups is 1. The molecule has 2 aromatic heterocycles. The van der Waals surface area contributed by atoms with E-state index in [0.29, 0.717) is 6.07 Å². The van der Waals surface area contributed by atoms with Gasteiger partial charge in [0.15, 0.2) is 11.5 Å². The van der Waals surface area contributed by atoms with Crippen LogP contribution in [0.1, 0.15) is 42.6 Å². The van der Waals surface area contributed by atoms with Crippen LogP contribution in [0.4, 0.5) is 19.0 Å². The number of rotatable bonds is 7. The third-order valence-corrected chi connectivity index (χ3v) is 4.03. The lowest BCUT2D eigenvalue weighted by molar-refractivity contribution is -0.141. The van der Waals surface area contributed by atoms with Gasteiger partial charge in [-0.25, -0.2) is 4.98 Å². The maximum Gasteiger partial charge on any atom is 0.433 e. The van der Waals surface area contributed by atoms with Crippen LogP contribution in [0.2, 0.25) is 0 Å². The molecular weight excluding hydrogens is 429 g/mol. The fourth-order valence-corrected chi connectivity index (χ4v) is 2.64. The molecule has 2 rings (SSSR count). The van der Waals surface area contributed by atoms with Crippen LogP contribution in [0.25, 0.3) is 0 Å². The van der Waals surface area contributed by atoms with Crippen molar-refractivity contribution in [3.05, 3.63) is 51.8 Å². The van der Waals surface area contributed by atoms with E-state index in [1.807, 2.05) is 20.8 Å². The molecule has 172 valence electrons. The highest BCUT2D eigenvalue weighted by molar-refractivity contribution is 5.94. The molecule has 0 spiro atoms. The summed E-state index contributed by atoms with van der Waals surface area (Å²) in [6.45, 7) is 5.98. The molecule has 0 aliphatic heterocycles. The number of carbonyl (C=O) groups is 1. The molecule has 1 N–H and O–H groups in total. The van der Waals surface area contributed by atoms with Gasteiger partial charge in [0.25, 0.3) is 11.5 Å². The van der Waals surface area contributed by atoms with Crippen LogP contribution in [0.15, 0.2) is 29.2 Å². The number of hydrogen-bond acceptors (Lipinski definition) is 7. The zero-order valence-electron chi connectivity index (χ0n) is 18.0. The maximum absolute atomic E-state index is 13.2. The predicted molar refractivity (Wildman–Crippen MR) is 109 cm³/mol. The monoisotopic (exact) mass is 452 g/mol. The number of nitrogens with zero attached hydrogens (tertiary/aromatic N) is 5. The smallest absolute Gasteiger partial charge is 0.383 e. The van der Waals surface area contributed by atoms with Gasteiger partial charge in [0.1, 0.15) is 6.07 Å². The second-order valence-corrected chi connectivity index (χ2v) is 8.07. The van der Waals surface area contributed by atoms with Gasteiger partial charge in [-0.2, -0.15) is 23.4 Å². The molecule has 12 heteroatoms. The fraction of sp³-hybridized carbons (Fsp3) is 0.450. The first kappa shape index (κ1) is 24.8. The van der Waals surface area contributed by atoms with Gasteiger partial charge < -0.3 is 9.30 Å². The van der Waals surface area contributed by atoms with Gasteiger partial charge in [-0.3, -0.25) is 20.0 Å². The topological polar surface area (TPSA) is 113 Å². The van der Waals surface area contributed by atoms with Gasteiger partial charge >= 0.3 is 6.18 Å². The molecule has 0 fully saturated rings. The lowest BCUT2D eigenvalue weighted by atomic mass is 9.96. The summed E-state index contributed by atoms with van der Waals surface area (Å²) < 4.78 is 46.0. The Labute approximate surface area is 182 Å². The average Bonchev–Trinajstić information content (AvgIpc) is 2.70. The number of ether oxygens (including phenoxy) is 1. The lowest BCUT2D eigenvalue weighted by Crippen LogP contribution is -2.47. The molecule has 2 heterocycles. The molecule has 0 bridgehead atoms. The summed E-state index contributed by atoms with van der Waals surface area (Å²) in [6.07, 6.45) is -3.48. The molecule has 9 nitrogen and oxygen atoms in total. The molecule has 1 amide bonds. The van der Waals surface area contributed by atoms with Crippen molar-refractivity contribution in [3.63, 3.8) is 0 Å². The molecule has 32 heavy (non-hydrogen) atoms. The van der Waals surface area contributed by atoms with Crippen LogP contribution >= 0.6 is 0 Å². The Kier molecular flexibility index (Phi) is 7.58. The Hall–Kier alpha value is -3.46. The number of methoxy groups -OCH3 is 1. The van der Waals surface area contributed by atoms with Crippen molar-refractivity contribution in [1.82, 2.24) is 20.0 Å². The van der Waals surface area contributed by atoms with E-state index in [1.165, 1.54) is 36.1 Å². The summed E-state index contributed by atoms with van der Waals surface area (Å²) in [5.74, 6) is -1.65. The van der Waals surface area contributed by atoms with Crippen molar-refractivity contribution >= 4 is 11.7 Å².